The smallest absolute Gasteiger partial charge is 0.275 e. The number of pyridine rings is 1. The van der Waals surface area contributed by atoms with Crippen molar-refractivity contribution in [3.05, 3.63) is 48.1 Å². The minimum Gasteiger partial charge on any atom is -0.372 e. The Hall–Kier alpha value is -3.11. The van der Waals surface area contributed by atoms with Crippen LogP contribution >= 0.6 is 0 Å². The zero-order valence-corrected chi connectivity index (χ0v) is 16.4. The van der Waals surface area contributed by atoms with E-state index < -0.39 is 18.0 Å². The van der Waals surface area contributed by atoms with Crippen LogP contribution in [-0.2, 0) is 0 Å². The van der Waals surface area contributed by atoms with Crippen LogP contribution in [0.15, 0.2) is 30.9 Å². The number of anilines is 2. The van der Waals surface area contributed by atoms with Crippen molar-refractivity contribution >= 4 is 23.1 Å². The molecule has 30 heavy (non-hydrogen) atoms. The molecular formula is C20H22FN7O2. The van der Waals surface area contributed by atoms with Gasteiger partial charge in [0.05, 0.1) is 29.8 Å². The van der Waals surface area contributed by atoms with E-state index in [1.807, 2.05) is 0 Å². The summed E-state index contributed by atoms with van der Waals surface area (Å²) in [5.74, 6) is -0.514. The summed E-state index contributed by atoms with van der Waals surface area (Å²) in [4.78, 5) is 26.9. The van der Waals surface area contributed by atoms with Gasteiger partial charge in [-0.15, -0.1) is 0 Å². The van der Waals surface area contributed by atoms with Crippen LogP contribution in [0.4, 0.5) is 15.9 Å². The molecule has 0 bridgehead atoms. The second kappa shape index (κ2) is 7.29. The monoisotopic (exact) mass is 411 g/mol. The fourth-order valence-corrected chi connectivity index (χ4v) is 3.78. The van der Waals surface area contributed by atoms with Crippen LogP contribution in [-0.4, -0.2) is 55.2 Å². The molecular weight excluding hydrogens is 389 g/mol. The SMILES string of the molecule is Cc1cn2cc(NC(=O)c3cnc(N4CC[C@@H](NC5CC5)C4O)cn3)cc(F)c2n1. The van der Waals surface area contributed by atoms with Crippen molar-refractivity contribution in [3.63, 3.8) is 0 Å². The van der Waals surface area contributed by atoms with Crippen LogP contribution in [0.25, 0.3) is 5.65 Å². The number of hydrogen-bond donors (Lipinski definition) is 3. The number of hydrogen-bond acceptors (Lipinski definition) is 7. The summed E-state index contributed by atoms with van der Waals surface area (Å²) >= 11 is 0. The maximum Gasteiger partial charge on any atom is 0.275 e. The third kappa shape index (κ3) is 3.59. The minimum atomic E-state index is -0.673. The van der Waals surface area contributed by atoms with Gasteiger partial charge in [0.2, 0.25) is 0 Å². The number of halogens is 1. The van der Waals surface area contributed by atoms with E-state index in [1.165, 1.54) is 22.9 Å². The lowest BCUT2D eigenvalue weighted by atomic mass is 10.2. The van der Waals surface area contributed by atoms with Crippen LogP contribution in [0, 0.1) is 12.7 Å². The van der Waals surface area contributed by atoms with Gasteiger partial charge in [-0.3, -0.25) is 4.79 Å². The first-order valence-electron chi connectivity index (χ1n) is 9.97. The van der Waals surface area contributed by atoms with Crippen molar-refractivity contribution in [2.75, 3.05) is 16.8 Å². The average molecular weight is 411 g/mol. The van der Waals surface area contributed by atoms with Gasteiger partial charge in [0.25, 0.3) is 5.91 Å². The van der Waals surface area contributed by atoms with Gasteiger partial charge in [-0.1, -0.05) is 0 Å². The highest BCUT2D eigenvalue weighted by molar-refractivity contribution is 6.02. The Kier molecular flexibility index (Phi) is 4.59. The number of imidazole rings is 1. The van der Waals surface area contributed by atoms with Gasteiger partial charge < -0.3 is 25.0 Å². The summed E-state index contributed by atoms with van der Waals surface area (Å²) < 4.78 is 15.7. The normalized spacial score (nSPS) is 21.4. The third-order valence-electron chi connectivity index (χ3n) is 5.44. The molecule has 1 saturated carbocycles. The number of amides is 1. The third-order valence-corrected chi connectivity index (χ3v) is 5.44. The molecule has 1 unspecified atom stereocenters. The lowest BCUT2D eigenvalue weighted by Crippen LogP contribution is -2.43. The van der Waals surface area contributed by atoms with Gasteiger partial charge in [-0.25, -0.2) is 19.3 Å². The van der Waals surface area contributed by atoms with Crippen LogP contribution in [0.2, 0.25) is 0 Å². The van der Waals surface area contributed by atoms with Gasteiger partial charge in [-0.05, 0) is 26.2 Å². The Balaban J connectivity index is 1.28. The van der Waals surface area contributed by atoms with E-state index in [1.54, 1.807) is 24.2 Å². The number of rotatable bonds is 5. The zero-order chi connectivity index (χ0) is 20.8. The summed E-state index contributed by atoms with van der Waals surface area (Å²) in [6.45, 7) is 2.43. The van der Waals surface area contributed by atoms with E-state index in [-0.39, 0.29) is 23.1 Å². The molecule has 2 atom stereocenters. The lowest BCUT2D eigenvalue weighted by Gasteiger charge is -2.24. The molecule has 1 amide bonds. The van der Waals surface area contributed by atoms with Crippen molar-refractivity contribution in [2.45, 2.75) is 44.5 Å². The fraction of sp³-hybridized carbons (Fsp3) is 0.400. The summed E-state index contributed by atoms with van der Waals surface area (Å²) in [6.07, 6.45) is 8.56. The first-order chi connectivity index (χ1) is 14.5. The van der Waals surface area contributed by atoms with Gasteiger partial charge in [-0.2, -0.15) is 0 Å². The summed E-state index contributed by atoms with van der Waals surface area (Å²) in [5, 5.41) is 16.6. The van der Waals surface area contributed by atoms with Crippen molar-refractivity contribution in [2.24, 2.45) is 0 Å². The van der Waals surface area contributed by atoms with Gasteiger partial charge in [0.1, 0.15) is 17.7 Å². The molecule has 1 saturated heterocycles. The first kappa shape index (κ1) is 18.9. The lowest BCUT2D eigenvalue weighted by molar-refractivity contribution is 0.102. The van der Waals surface area contributed by atoms with E-state index in [0.29, 0.717) is 24.1 Å². The van der Waals surface area contributed by atoms with E-state index in [2.05, 4.69) is 25.6 Å². The van der Waals surface area contributed by atoms with E-state index in [4.69, 9.17) is 0 Å². The number of fused-ring (bicyclic) bond motifs is 1. The largest absolute Gasteiger partial charge is 0.372 e. The molecule has 10 heteroatoms. The van der Waals surface area contributed by atoms with Crippen LogP contribution in [0.3, 0.4) is 0 Å². The molecule has 3 aromatic heterocycles. The second-order valence-electron chi connectivity index (χ2n) is 7.85. The summed E-state index contributed by atoms with van der Waals surface area (Å²) in [5.41, 5.74) is 1.27. The number of nitrogens with one attached hydrogen (secondary N) is 2. The maximum atomic E-state index is 14.2. The van der Waals surface area contributed by atoms with Crippen molar-refractivity contribution in [1.29, 1.82) is 0 Å². The minimum absolute atomic E-state index is 0.0129. The molecule has 0 radical (unpaired) electrons. The highest BCUT2D eigenvalue weighted by atomic mass is 19.1. The van der Waals surface area contributed by atoms with Gasteiger partial charge in [0, 0.05) is 31.0 Å². The number of aryl methyl sites for hydroxylation is 1. The Morgan fingerprint density at radius 2 is 2.07 bits per heavy atom. The summed E-state index contributed by atoms with van der Waals surface area (Å²) in [6, 6.07) is 1.74. The second-order valence-corrected chi connectivity index (χ2v) is 7.85. The van der Waals surface area contributed by atoms with Crippen molar-refractivity contribution in [3.8, 4) is 0 Å². The summed E-state index contributed by atoms with van der Waals surface area (Å²) in [7, 11) is 0. The van der Waals surface area contributed by atoms with E-state index in [0.717, 1.165) is 19.3 Å². The topological polar surface area (TPSA) is 108 Å². The van der Waals surface area contributed by atoms with Crippen molar-refractivity contribution in [1.82, 2.24) is 24.7 Å². The highest BCUT2D eigenvalue weighted by Crippen LogP contribution is 2.26. The Bertz CT molecular complexity index is 1100. The Morgan fingerprint density at radius 1 is 1.23 bits per heavy atom. The van der Waals surface area contributed by atoms with Gasteiger partial charge in [0.15, 0.2) is 11.5 Å². The molecule has 0 aromatic carbocycles. The average Bonchev–Trinajstić information content (AvgIpc) is 3.35. The maximum absolute atomic E-state index is 14.2. The molecule has 1 aliphatic carbocycles. The number of nitrogens with zero attached hydrogens (tertiary/aromatic N) is 5. The number of carbonyl (C=O) groups excluding carboxylic acids is 1. The van der Waals surface area contributed by atoms with E-state index in [9.17, 15) is 14.3 Å². The number of carbonyl (C=O) groups is 1. The Morgan fingerprint density at radius 3 is 2.80 bits per heavy atom. The van der Waals surface area contributed by atoms with E-state index >= 15 is 0 Å². The predicted molar refractivity (Wildman–Crippen MR) is 108 cm³/mol. The first-order valence-corrected chi connectivity index (χ1v) is 9.97. The molecule has 5 rings (SSSR count). The standard InChI is InChI=1S/C20H22FN7O2/c1-11-9-27-10-13(6-14(21)18(27)24-11)26-19(29)16-7-23-17(8-22-16)28-5-4-15(20(28)30)25-12-2-3-12/h6-10,12,15,20,25,30H,2-5H2,1H3,(H,26,29)/t15-,20?/m1/s1. The molecule has 1 aliphatic heterocycles. The quantitative estimate of drug-likeness (QED) is 0.584. The fourth-order valence-electron chi connectivity index (χ4n) is 3.78. The van der Waals surface area contributed by atoms with Gasteiger partial charge >= 0.3 is 0 Å². The Labute approximate surface area is 172 Å². The molecule has 3 N–H and O–H groups in total. The van der Waals surface area contributed by atoms with Crippen molar-refractivity contribution < 1.29 is 14.3 Å². The number of aliphatic hydroxyl groups is 1. The molecule has 4 heterocycles. The number of aliphatic hydroxyl groups excluding tert-OH is 1. The molecule has 9 nitrogen and oxygen atoms in total. The molecule has 2 fully saturated rings. The predicted octanol–water partition coefficient (Wildman–Crippen LogP) is 1.47. The number of aromatic nitrogens is 4. The zero-order valence-electron chi connectivity index (χ0n) is 16.4. The molecule has 0 spiro atoms. The van der Waals surface area contributed by atoms with Crippen LogP contribution in [0.5, 0.6) is 0 Å². The highest BCUT2D eigenvalue weighted by Gasteiger charge is 2.36. The van der Waals surface area contributed by atoms with Crippen LogP contribution in [0.1, 0.15) is 35.4 Å². The molecule has 3 aromatic rings. The molecule has 156 valence electrons. The molecule has 2 aliphatic rings. The van der Waals surface area contributed by atoms with Crippen LogP contribution < -0.4 is 15.5 Å².